The number of rotatable bonds is 11. The molecule has 0 aromatic heterocycles. The molecule has 3 aromatic rings. The maximum Gasteiger partial charge on any atom is 0.260 e. The van der Waals surface area contributed by atoms with Crippen LogP contribution in [0, 0.1) is 0 Å². The van der Waals surface area contributed by atoms with Gasteiger partial charge < -0.3 is 28.9 Å². The van der Waals surface area contributed by atoms with Crippen LogP contribution in [0.1, 0.15) is 12.0 Å². The van der Waals surface area contributed by atoms with E-state index < -0.39 is 5.60 Å². The number of ether oxygens (including phenoxy) is 3. The number of carbonyl (C=O) groups excluding carboxylic acids is 2. The molecule has 0 N–H and O–H groups in total. The second-order valence-electron chi connectivity index (χ2n) is 10.2. The van der Waals surface area contributed by atoms with Gasteiger partial charge in [-0.15, -0.1) is 0 Å². The molecule has 4 rings (SSSR count). The molecule has 40 heavy (non-hydrogen) atoms. The number of morpholine rings is 1. The summed E-state index contributed by atoms with van der Waals surface area (Å²) in [5.41, 5.74) is 0.981. The minimum Gasteiger partial charge on any atom is -0.490 e. The van der Waals surface area contributed by atoms with Gasteiger partial charge in [-0.1, -0.05) is 48.0 Å². The van der Waals surface area contributed by atoms with Crippen LogP contribution in [0.15, 0.2) is 78.9 Å². The first-order chi connectivity index (χ1) is 19.2. The molecule has 1 fully saturated rings. The predicted octanol–water partition coefficient (Wildman–Crippen LogP) is 4.51. The summed E-state index contributed by atoms with van der Waals surface area (Å²) in [6, 6.07) is 24.4. The van der Waals surface area contributed by atoms with Gasteiger partial charge in [-0.25, -0.2) is 0 Å². The van der Waals surface area contributed by atoms with Crippen LogP contribution in [0.2, 0.25) is 5.02 Å². The second kappa shape index (κ2) is 13.5. The number of hydrogen-bond acceptors (Lipinski definition) is 6. The molecule has 1 saturated heterocycles. The largest absolute Gasteiger partial charge is 0.490 e. The molecule has 1 atom stereocenters. The molecule has 1 aliphatic rings. The highest BCUT2D eigenvalue weighted by Gasteiger charge is 2.42. The fourth-order valence-corrected chi connectivity index (χ4v) is 4.62. The van der Waals surface area contributed by atoms with Gasteiger partial charge in [0.05, 0.1) is 19.6 Å². The van der Waals surface area contributed by atoms with Gasteiger partial charge in [0, 0.05) is 51.0 Å². The molecule has 1 aliphatic heterocycles. The normalized spacial score (nSPS) is 16.8. The fraction of sp³-hybridized carbons (Fsp3) is 0.355. The smallest absolute Gasteiger partial charge is 0.260 e. The van der Waals surface area contributed by atoms with Gasteiger partial charge in [-0.3, -0.25) is 9.59 Å². The lowest BCUT2D eigenvalue weighted by atomic mass is 9.96. The van der Waals surface area contributed by atoms with Crippen molar-refractivity contribution in [1.82, 2.24) is 9.80 Å². The van der Waals surface area contributed by atoms with Crippen molar-refractivity contribution in [2.24, 2.45) is 0 Å². The van der Waals surface area contributed by atoms with Crippen LogP contribution < -0.4 is 14.4 Å². The standard InChI is InChI=1S/C31H36ClN3O5/c1-33(2)26-10-7-11-28(18-26)38-21-30(37)35-16-17-40-31(22-35,23-39-27-14-12-25(32)13-15-27)19-29(36)34(3)20-24-8-5-4-6-9-24/h4-15,18H,16-17,19-23H2,1-3H3. The summed E-state index contributed by atoms with van der Waals surface area (Å²) >= 11 is 6.02. The summed E-state index contributed by atoms with van der Waals surface area (Å²) in [6.45, 7) is 1.32. The van der Waals surface area contributed by atoms with E-state index in [4.69, 9.17) is 25.8 Å². The molecule has 9 heteroatoms. The third kappa shape index (κ3) is 8.13. The highest BCUT2D eigenvalue weighted by Crippen LogP contribution is 2.27. The zero-order valence-corrected chi connectivity index (χ0v) is 24.0. The summed E-state index contributed by atoms with van der Waals surface area (Å²) in [4.78, 5) is 32.0. The Bertz CT molecular complexity index is 1270. The monoisotopic (exact) mass is 565 g/mol. The molecule has 1 unspecified atom stereocenters. The van der Waals surface area contributed by atoms with E-state index in [1.165, 1.54) is 0 Å². The molecule has 212 valence electrons. The number of benzene rings is 3. The van der Waals surface area contributed by atoms with E-state index in [1.54, 1.807) is 41.1 Å². The van der Waals surface area contributed by atoms with E-state index in [1.807, 2.05) is 73.6 Å². The molecular formula is C31H36ClN3O5. The van der Waals surface area contributed by atoms with Crippen LogP contribution in [0.25, 0.3) is 0 Å². The number of halogens is 1. The minimum atomic E-state index is -1.03. The Morgan fingerprint density at radius 1 is 0.950 bits per heavy atom. The summed E-state index contributed by atoms with van der Waals surface area (Å²) in [7, 11) is 5.66. The van der Waals surface area contributed by atoms with Crippen molar-refractivity contribution >= 4 is 29.1 Å². The van der Waals surface area contributed by atoms with Gasteiger partial charge in [0.25, 0.3) is 5.91 Å². The van der Waals surface area contributed by atoms with Crippen LogP contribution >= 0.6 is 11.6 Å². The van der Waals surface area contributed by atoms with Crippen LogP contribution in [0.4, 0.5) is 5.69 Å². The van der Waals surface area contributed by atoms with Crippen molar-refractivity contribution in [3.63, 3.8) is 0 Å². The lowest BCUT2D eigenvalue weighted by Crippen LogP contribution is -2.58. The number of nitrogens with zero attached hydrogens (tertiary/aromatic N) is 3. The molecule has 8 nitrogen and oxygen atoms in total. The molecule has 0 saturated carbocycles. The SMILES string of the molecule is CN(Cc1ccccc1)C(=O)CC1(COc2ccc(Cl)cc2)CN(C(=O)COc2cccc(N(C)C)c2)CCO1. The van der Waals surface area contributed by atoms with Gasteiger partial charge in [0.1, 0.15) is 23.7 Å². The second-order valence-corrected chi connectivity index (χ2v) is 10.6. The molecular weight excluding hydrogens is 530 g/mol. The zero-order valence-electron chi connectivity index (χ0n) is 23.2. The van der Waals surface area contributed by atoms with Crippen molar-refractivity contribution in [3.8, 4) is 11.5 Å². The first kappa shape index (κ1) is 29.2. The Kier molecular flexibility index (Phi) is 9.90. The molecule has 2 amide bonds. The first-order valence-electron chi connectivity index (χ1n) is 13.2. The third-order valence-corrected chi connectivity index (χ3v) is 7.03. The van der Waals surface area contributed by atoms with Crippen molar-refractivity contribution in [2.45, 2.75) is 18.6 Å². The zero-order chi connectivity index (χ0) is 28.5. The number of anilines is 1. The highest BCUT2D eigenvalue weighted by atomic mass is 35.5. The van der Waals surface area contributed by atoms with Gasteiger partial charge >= 0.3 is 0 Å². The lowest BCUT2D eigenvalue weighted by molar-refractivity contribution is -0.166. The Balaban J connectivity index is 1.45. The minimum absolute atomic E-state index is 0.0550. The van der Waals surface area contributed by atoms with Crippen molar-refractivity contribution < 1.29 is 23.8 Å². The van der Waals surface area contributed by atoms with Crippen molar-refractivity contribution in [1.29, 1.82) is 0 Å². The van der Waals surface area contributed by atoms with E-state index in [9.17, 15) is 9.59 Å². The summed E-state index contributed by atoms with van der Waals surface area (Å²) in [5, 5.41) is 0.599. The van der Waals surface area contributed by atoms with Gasteiger partial charge in [0.15, 0.2) is 6.61 Å². The molecule has 0 bridgehead atoms. The molecule has 3 aromatic carbocycles. The number of amides is 2. The van der Waals surface area contributed by atoms with Crippen LogP contribution in [-0.2, 0) is 20.9 Å². The average Bonchev–Trinajstić information content (AvgIpc) is 2.96. The number of hydrogen-bond donors (Lipinski definition) is 0. The lowest BCUT2D eigenvalue weighted by Gasteiger charge is -2.42. The number of carbonyl (C=O) groups is 2. The van der Waals surface area contributed by atoms with E-state index >= 15 is 0 Å². The topological polar surface area (TPSA) is 71.5 Å². The molecule has 0 aliphatic carbocycles. The third-order valence-electron chi connectivity index (χ3n) is 6.77. The van der Waals surface area contributed by atoms with Crippen molar-refractivity contribution in [3.05, 3.63) is 89.4 Å². The fourth-order valence-electron chi connectivity index (χ4n) is 4.49. The Hall–Kier alpha value is -3.75. The van der Waals surface area contributed by atoms with Gasteiger partial charge in [-0.05, 0) is 42.0 Å². The summed E-state index contributed by atoms with van der Waals surface area (Å²) < 4.78 is 18.1. The van der Waals surface area contributed by atoms with Crippen LogP contribution in [0.3, 0.4) is 0 Å². The van der Waals surface area contributed by atoms with E-state index in [-0.39, 0.29) is 44.6 Å². The van der Waals surface area contributed by atoms with E-state index in [2.05, 4.69) is 0 Å². The molecule has 1 heterocycles. The quantitative estimate of drug-likeness (QED) is 0.341. The Labute approximate surface area is 241 Å². The van der Waals surface area contributed by atoms with E-state index in [0.717, 1.165) is 11.3 Å². The summed E-state index contributed by atoms with van der Waals surface area (Å²) in [6.07, 6.45) is 0.0550. The Morgan fingerprint density at radius 3 is 2.42 bits per heavy atom. The van der Waals surface area contributed by atoms with Crippen LogP contribution in [-0.4, -0.2) is 81.3 Å². The summed E-state index contributed by atoms with van der Waals surface area (Å²) in [5.74, 6) is 0.932. The maximum absolute atomic E-state index is 13.4. The van der Waals surface area contributed by atoms with Gasteiger partial charge in [-0.2, -0.15) is 0 Å². The average molecular weight is 566 g/mol. The van der Waals surface area contributed by atoms with Gasteiger partial charge in [0.2, 0.25) is 5.91 Å². The molecule has 0 spiro atoms. The highest BCUT2D eigenvalue weighted by molar-refractivity contribution is 6.30. The molecule has 0 radical (unpaired) electrons. The first-order valence-corrected chi connectivity index (χ1v) is 13.6. The Morgan fingerprint density at radius 2 is 1.70 bits per heavy atom. The van der Waals surface area contributed by atoms with Crippen LogP contribution in [0.5, 0.6) is 11.5 Å². The van der Waals surface area contributed by atoms with Crippen molar-refractivity contribution in [2.75, 3.05) is 59.0 Å². The maximum atomic E-state index is 13.4. The predicted molar refractivity (Wildman–Crippen MR) is 156 cm³/mol. The van der Waals surface area contributed by atoms with E-state index in [0.29, 0.717) is 29.6 Å².